The SMILES string of the molecule is Cc1cc2c3c4c1c1ccccc1n4-c1cc4c(cc1B3N(c1ccc3c(c1)C(C)(C)CCC3(C)C)c1cc(N(c3ccccc3)c3ccccc3)ccc1-2)nc(-c1ccccc1)n4C. The molecule has 5 nitrogen and oxygen atoms in total. The fraction of sp³-hybridized carbons (Fsp3) is 0.169. The Morgan fingerprint density at radius 3 is 1.97 bits per heavy atom. The monoisotopic (exact) mass is 839 g/mol. The molecule has 3 aliphatic rings. The maximum Gasteiger partial charge on any atom is 0.333 e. The number of aromatic nitrogens is 3. The van der Waals surface area contributed by atoms with Crippen molar-refractivity contribution in [3.8, 4) is 28.2 Å². The molecule has 8 aromatic carbocycles. The minimum absolute atomic E-state index is 0.0336. The van der Waals surface area contributed by atoms with E-state index in [2.05, 4.69) is 230 Å². The molecule has 0 radical (unpaired) electrons. The van der Waals surface area contributed by atoms with Gasteiger partial charge >= 0.3 is 6.85 Å². The number of fused-ring (bicyclic) bond motifs is 10. The molecule has 13 rings (SSSR count). The van der Waals surface area contributed by atoms with E-state index in [4.69, 9.17) is 4.98 Å². The van der Waals surface area contributed by atoms with Crippen molar-refractivity contribution in [2.45, 2.75) is 58.3 Å². The lowest BCUT2D eigenvalue weighted by Gasteiger charge is -2.45. The molecular formula is C59H50BN5. The number of anilines is 5. The zero-order valence-corrected chi connectivity index (χ0v) is 37.9. The van der Waals surface area contributed by atoms with E-state index in [-0.39, 0.29) is 17.7 Å². The van der Waals surface area contributed by atoms with Crippen LogP contribution in [0.3, 0.4) is 0 Å². The molecule has 0 unspecified atom stereocenters. The number of nitrogens with zero attached hydrogens (tertiary/aromatic N) is 5. The molecular weight excluding hydrogens is 789 g/mol. The first kappa shape index (κ1) is 38.2. The van der Waals surface area contributed by atoms with Crippen LogP contribution in [0.1, 0.15) is 57.2 Å². The first-order chi connectivity index (χ1) is 31.6. The average molecular weight is 840 g/mol. The molecule has 0 atom stereocenters. The van der Waals surface area contributed by atoms with Crippen LogP contribution < -0.4 is 20.6 Å². The number of imidazole rings is 1. The Labute approximate surface area is 381 Å². The smallest absolute Gasteiger partial charge is 0.333 e. The fourth-order valence-electron chi connectivity index (χ4n) is 11.9. The summed E-state index contributed by atoms with van der Waals surface area (Å²) >= 11 is 0. The van der Waals surface area contributed by atoms with Gasteiger partial charge in [0.2, 0.25) is 0 Å². The fourth-order valence-corrected chi connectivity index (χ4v) is 11.9. The maximum absolute atomic E-state index is 5.44. The molecule has 0 saturated heterocycles. The van der Waals surface area contributed by atoms with E-state index in [1.54, 1.807) is 0 Å². The third-order valence-corrected chi connectivity index (χ3v) is 15.2. The van der Waals surface area contributed by atoms with Crippen LogP contribution >= 0.6 is 0 Å². The van der Waals surface area contributed by atoms with Crippen molar-refractivity contribution < 1.29 is 0 Å². The molecule has 0 spiro atoms. The molecule has 0 saturated carbocycles. The summed E-state index contributed by atoms with van der Waals surface area (Å²) < 4.78 is 4.86. The Morgan fingerprint density at radius 1 is 0.585 bits per heavy atom. The van der Waals surface area contributed by atoms with Gasteiger partial charge in [0.15, 0.2) is 0 Å². The van der Waals surface area contributed by atoms with Gasteiger partial charge in [-0.25, -0.2) is 4.98 Å². The first-order valence-corrected chi connectivity index (χ1v) is 23.2. The highest BCUT2D eigenvalue weighted by atomic mass is 15.2. The van der Waals surface area contributed by atoms with Crippen molar-refractivity contribution in [1.29, 1.82) is 0 Å². The van der Waals surface area contributed by atoms with Crippen molar-refractivity contribution in [2.75, 3.05) is 9.71 Å². The molecule has 0 N–H and O–H groups in total. The second kappa shape index (κ2) is 13.6. The summed E-state index contributed by atoms with van der Waals surface area (Å²) in [4.78, 5) is 10.5. The Balaban J connectivity index is 1.16. The van der Waals surface area contributed by atoms with Crippen molar-refractivity contribution in [1.82, 2.24) is 14.1 Å². The van der Waals surface area contributed by atoms with Crippen LogP contribution in [0, 0.1) is 6.92 Å². The van der Waals surface area contributed by atoms with Crippen LogP contribution in [0.25, 0.3) is 61.0 Å². The van der Waals surface area contributed by atoms with Crippen molar-refractivity contribution >= 4 is 79.0 Å². The van der Waals surface area contributed by atoms with Crippen LogP contribution in [-0.2, 0) is 17.9 Å². The zero-order valence-electron chi connectivity index (χ0n) is 37.9. The van der Waals surface area contributed by atoms with E-state index in [1.165, 1.54) is 84.0 Å². The maximum atomic E-state index is 5.44. The van der Waals surface area contributed by atoms with E-state index in [9.17, 15) is 0 Å². The van der Waals surface area contributed by atoms with Crippen LogP contribution in [-0.4, -0.2) is 21.0 Å². The number of benzene rings is 8. The summed E-state index contributed by atoms with van der Waals surface area (Å²) in [6.45, 7) is 11.9. The lowest BCUT2D eigenvalue weighted by Crippen LogP contribution is -2.60. The van der Waals surface area contributed by atoms with Crippen LogP contribution in [0.2, 0.25) is 0 Å². The first-order valence-electron chi connectivity index (χ1n) is 23.2. The summed E-state index contributed by atoms with van der Waals surface area (Å²) in [6, 6.07) is 63.2. The minimum Gasteiger partial charge on any atom is -0.376 e. The van der Waals surface area contributed by atoms with Crippen molar-refractivity contribution in [2.24, 2.45) is 7.05 Å². The van der Waals surface area contributed by atoms with Gasteiger partial charge < -0.3 is 18.8 Å². The van der Waals surface area contributed by atoms with Gasteiger partial charge in [-0.2, -0.15) is 0 Å². The largest absolute Gasteiger partial charge is 0.376 e. The van der Waals surface area contributed by atoms with Crippen molar-refractivity contribution in [3.63, 3.8) is 0 Å². The van der Waals surface area contributed by atoms with Crippen LogP contribution in [0.5, 0.6) is 0 Å². The molecule has 2 aromatic heterocycles. The van der Waals surface area contributed by atoms with Gasteiger partial charge in [0.05, 0.1) is 22.1 Å². The molecule has 0 fully saturated rings. The van der Waals surface area contributed by atoms with Gasteiger partial charge in [-0.1, -0.05) is 131 Å². The van der Waals surface area contributed by atoms with E-state index in [1.807, 2.05) is 0 Å². The highest BCUT2D eigenvalue weighted by Gasteiger charge is 2.46. The molecule has 1 aliphatic carbocycles. The highest BCUT2D eigenvalue weighted by Crippen LogP contribution is 2.51. The van der Waals surface area contributed by atoms with Gasteiger partial charge in [-0.05, 0) is 131 Å². The predicted molar refractivity (Wildman–Crippen MR) is 274 cm³/mol. The quantitative estimate of drug-likeness (QED) is 0.162. The normalized spacial score (nSPS) is 15.3. The Bertz CT molecular complexity index is 3540. The topological polar surface area (TPSA) is 29.2 Å². The molecule has 10 aromatic rings. The molecule has 314 valence electrons. The average Bonchev–Trinajstić information content (AvgIpc) is 3.85. The van der Waals surface area contributed by atoms with E-state index < -0.39 is 0 Å². The van der Waals surface area contributed by atoms with Crippen molar-refractivity contribution in [3.05, 3.63) is 187 Å². The van der Waals surface area contributed by atoms with Gasteiger partial charge in [0, 0.05) is 63.1 Å². The Hall–Kier alpha value is -7.31. The summed E-state index contributed by atoms with van der Waals surface area (Å²) in [6.07, 6.45) is 2.32. The Morgan fingerprint density at radius 2 is 1.25 bits per heavy atom. The molecule has 0 amide bonds. The zero-order chi connectivity index (χ0) is 43.9. The van der Waals surface area contributed by atoms with Gasteiger partial charge in [0.1, 0.15) is 5.82 Å². The second-order valence-corrected chi connectivity index (χ2v) is 20.0. The number of hydrogen-bond acceptors (Lipinski definition) is 3. The number of rotatable bonds is 5. The number of aryl methyl sites for hydroxylation is 2. The number of hydrogen-bond donors (Lipinski definition) is 0. The van der Waals surface area contributed by atoms with E-state index >= 15 is 0 Å². The Kier molecular flexibility index (Phi) is 7.99. The summed E-state index contributed by atoms with van der Waals surface area (Å²) in [5, 5.41) is 2.62. The summed E-state index contributed by atoms with van der Waals surface area (Å²) in [5.74, 6) is 0.969. The standard InChI is InChI=1S/C59H50BN5/c1-37-32-45-43-28-26-41(63(39-20-12-8-13-21-39)40-22-14-9-15-23-40)34-51(43)65(42-27-29-46-47(33-42)59(4,5)31-30-58(46,2)3)60-48-35-49-53(62(6)57(61-49)38-18-10-7-11-19-38)36-52(48)64-50-25-17-16-24-44(50)54(37)56(64)55(45)60/h7-29,32-36H,30-31H2,1-6H3. The molecule has 4 heterocycles. The molecule has 2 aliphatic heterocycles. The lowest BCUT2D eigenvalue weighted by atomic mass is 9.43. The van der Waals surface area contributed by atoms with Gasteiger partial charge in [0.25, 0.3) is 0 Å². The highest BCUT2D eigenvalue weighted by molar-refractivity contribution is 6.94. The summed E-state index contributed by atoms with van der Waals surface area (Å²) in [7, 11) is 2.17. The molecule has 6 heteroatoms. The third kappa shape index (κ3) is 5.43. The second-order valence-electron chi connectivity index (χ2n) is 20.0. The third-order valence-electron chi connectivity index (χ3n) is 15.2. The summed E-state index contributed by atoms with van der Waals surface area (Å²) in [5.41, 5.74) is 22.2. The lowest BCUT2D eigenvalue weighted by molar-refractivity contribution is 0.332. The van der Waals surface area contributed by atoms with Crippen LogP contribution in [0.15, 0.2) is 170 Å². The van der Waals surface area contributed by atoms with E-state index in [0.29, 0.717) is 0 Å². The van der Waals surface area contributed by atoms with Gasteiger partial charge in [-0.3, -0.25) is 0 Å². The minimum atomic E-state index is -0.145. The molecule has 0 bridgehead atoms. The van der Waals surface area contributed by atoms with Crippen LogP contribution in [0.4, 0.5) is 28.4 Å². The van der Waals surface area contributed by atoms with Gasteiger partial charge in [-0.15, -0.1) is 0 Å². The molecule has 65 heavy (non-hydrogen) atoms. The number of para-hydroxylation sites is 3. The van der Waals surface area contributed by atoms with E-state index in [0.717, 1.165) is 45.9 Å². The predicted octanol–water partition coefficient (Wildman–Crippen LogP) is 13.7.